The number of nitrogens with one attached hydrogen (secondary N) is 1. The zero-order valence-corrected chi connectivity index (χ0v) is 19.1. The highest BCUT2D eigenvalue weighted by Crippen LogP contribution is 2.39. The summed E-state index contributed by atoms with van der Waals surface area (Å²) in [6, 6.07) is 8.62. The molecular weight excluding hydrogens is 414 g/mol. The SMILES string of the molecule is CC1(C)Cn2c(nc3cc(CCC4CCC(n5ccc6c(N)ncnc65)C4)ccc3c2=O)N1. The van der Waals surface area contributed by atoms with Gasteiger partial charge in [-0.15, -0.1) is 0 Å². The maximum Gasteiger partial charge on any atom is 0.262 e. The molecular formula is C25H29N7O. The topological polar surface area (TPSA) is 104 Å². The number of nitrogens with zero attached hydrogens (tertiary/aromatic N) is 5. The number of fused-ring (bicyclic) bond motifs is 3. The van der Waals surface area contributed by atoms with Gasteiger partial charge in [-0.1, -0.05) is 6.07 Å². The van der Waals surface area contributed by atoms with Crippen molar-refractivity contribution in [2.24, 2.45) is 5.92 Å². The maximum atomic E-state index is 12.9. The fraction of sp³-hybridized carbons (Fsp3) is 0.440. The molecule has 6 rings (SSSR count). The number of hydrogen-bond donors (Lipinski definition) is 2. The second-order valence-electron chi connectivity index (χ2n) is 10.3. The van der Waals surface area contributed by atoms with Crippen molar-refractivity contribution in [3.8, 4) is 0 Å². The van der Waals surface area contributed by atoms with Crippen molar-refractivity contribution in [3.05, 3.63) is 52.7 Å². The number of nitrogens with two attached hydrogens (primary N) is 1. The summed E-state index contributed by atoms with van der Waals surface area (Å²) in [5.41, 5.74) is 8.86. The fourth-order valence-electron chi connectivity index (χ4n) is 5.62. The Hall–Kier alpha value is -3.42. The normalized spacial score (nSPS) is 21.5. The first kappa shape index (κ1) is 20.2. The molecule has 170 valence electrons. The van der Waals surface area contributed by atoms with Gasteiger partial charge in [0.25, 0.3) is 5.56 Å². The van der Waals surface area contributed by atoms with Crippen LogP contribution in [0.15, 0.2) is 41.6 Å². The molecule has 8 nitrogen and oxygen atoms in total. The molecule has 4 aromatic rings. The van der Waals surface area contributed by atoms with Crippen LogP contribution in [0, 0.1) is 5.92 Å². The van der Waals surface area contributed by atoms with E-state index in [4.69, 9.17) is 10.7 Å². The van der Waals surface area contributed by atoms with Gasteiger partial charge in [0.15, 0.2) is 0 Å². The summed E-state index contributed by atoms with van der Waals surface area (Å²) in [5, 5.41) is 5.00. The molecule has 1 aromatic carbocycles. The lowest BCUT2D eigenvalue weighted by Crippen LogP contribution is -2.29. The average molecular weight is 444 g/mol. The molecule has 1 aliphatic heterocycles. The summed E-state index contributed by atoms with van der Waals surface area (Å²) >= 11 is 0. The Kier molecular flexibility index (Phi) is 4.47. The molecule has 0 amide bonds. The molecule has 2 unspecified atom stereocenters. The van der Waals surface area contributed by atoms with Crippen molar-refractivity contribution in [2.45, 2.75) is 64.1 Å². The van der Waals surface area contributed by atoms with Crippen molar-refractivity contribution in [3.63, 3.8) is 0 Å². The van der Waals surface area contributed by atoms with E-state index < -0.39 is 0 Å². The Bertz CT molecular complexity index is 1430. The molecule has 4 heterocycles. The predicted molar refractivity (Wildman–Crippen MR) is 130 cm³/mol. The van der Waals surface area contributed by atoms with Crippen LogP contribution in [0.1, 0.15) is 51.1 Å². The van der Waals surface area contributed by atoms with Gasteiger partial charge in [-0.2, -0.15) is 0 Å². The van der Waals surface area contributed by atoms with Crippen LogP contribution in [-0.2, 0) is 13.0 Å². The van der Waals surface area contributed by atoms with Crippen LogP contribution in [0.5, 0.6) is 0 Å². The highest BCUT2D eigenvalue weighted by Gasteiger charge is 2.30. The average Bonchev–Trinajstić information content (AvgIpc) is 3.49. The Labute approximate surface area is 191 Å². The van der Waals surface area contributed by atoms with Crippen LogP contribution in [-0.4, -0.2) is 29.6 Å². The van der Waals surface area contributed by atoms with Crippen molar-refractivity contribution in [2.75, 3.05) is 11.1 Å². The third-order valence-corrected chi connectivity index (χ3v) is 7.31. The number of anilines is 2. The quantitative estimate of drug-likeness (QED) is 0.496. The van der Waals surface area contributed by atoms with Crippen LogP contribution in [0.25, 0.3) is 21.9 Å². The Morgan fingerprint density at radius 1 is 1.18 bits per heavy atom. The Morgan fingerprint density at radius 3 is 2.94 bits per heavy atom. The predicted octanol–water partition coefficient (Wildman–Crippen LogP) is 3.90. The minimum atomic E-state index is -0.152. The van der Waals surface area contributed by atoms with E-state index in [0.717, 1.165) is 42.2 Å². The van der Waals surface area contributed by atoms with Crippen LogP contribution in [0.4, 0.5) is 11.8 Å². The second-order valence-corrected chi connectivity index (χ2v) is 10.3. The summed E-state index contributed by atoms with van der Waals surface area (Å²) in [7, 11) is 0. The van der Waals surface area contributed by atoms with Gasteiger partial charge >= 0.3 is 0 Å². The van der Waals surface area contributed by atoms with Crippen molar-refractivity contribution >= 4 is 33.7 Å². The first-order chi connectivity index (χ1) is 15.9. The maximum absolute atomic E-state index is 12.9. The lowest BCUT2D eigenvalue weighted by molar-refractivity contribution is 0.461. The zero-order valence-electron chi connectivity index (χ0n) is 19.1. The second kappa shape index (κ2) is 7.30. The first-order valence-corrected chi connectivity index (χ1v) is 11.8. The molecule has 1 aliphatic carbocycles. The minimum absolute atomic E-state index is 0.0432. The molecule has 33 heavy (non-hydrogen) atoms. The third kappa shape index (κ3) is 3.44. The molecule has 0 spiro atoms. The number of aryl methyl sites for hydroxylation is 1. The van der Waals surface area contributed by atoms with E-state index >= 15 is 0 Å². The smallest absolute Gasteiger partial charge is 0.262 e. The first-order valence-electron chi connectivity index (χ1n) is 11.8. The number of aromatic nitrogens is 5. The summed E-state index contributed by atoms with van der Waals surface area (Å²) in [4.78, 5) is 26.2. The van der Waals surface area contributed by atoms with Crippen LogP contribution in [0.2, 0.25) is 0 Å². The molecule has 1 fully saturated rings. The molecule has 3 N–H and O–H groups in total. The lowest BCUT2D eigenvalue weighted by Gasteiger charge is -2.15. The lowest BCUT2D eigenvalue weighted by atomic mass is 9.97. The van der Waals surface area contributed by atoms with Crippen LogP contribution >= 0.6 is 0 Å². The van der Waals surface area contributed by atoms with Gasteiger partial charge in [0, 0.05) is 12.2 Å². The molecule has 3 aromatic heterocycles. The van der Waals surface area contributed by atoms with Gasteiger partial charge in [0.2, 0.25) is 5.95 Å². The molecule has 8 heteroatoms. The van der Waals surface area contributed by atoms with E-state index in [2.05, 4.69) is 52.0 Å². The summed E-state index contributed by atoms with van der Waals surface area (Å²) in [5.74, 6) is 1.89. The fourth-order valence-corrected chi connectivity index (χ4v) is 5.62. The zero-order chi connectivity index (χ0) is 22.7. The van der Waals surface area contributed by atoms with Crippen molar-refractivity contribution in [1.82, 2.24) is 24.1 Å². The van der Waals surface area contributed by atoms with Gasteiger partial charge in [-0.25, -0.2) is 15.0 Å². The largest absolute Gasteiger partial charge is 0.383 e. The highest BCUT2D eigenvalue weighted by molar-refractivity contribution is 5.86. The molecule has 2 atom stereocenters. The van der Waals surface area contributed by atoms with Gasteiger partial charge in [-0.3, -0.25) is 9.36 Å². The number of benzene rings is 1. The Balaban J connectivity index is 1.17. The Morgan fingerprint density at radius 2 is 2.06 bits per heavy atom. The van der Waals surface area contributed by atoms with E-state index in [1.54, 1.807) is 10.9 Å². The van der Waals surface area contributed by atoms with E-state index in [1.807, 2.05) is 12.1 Å². The minimum Gasteiger partial charge on any atom is -0.383 e. The van der Waals surface area contributed by atoms with Crippen LogP contribution in [0.3, 0.4) is 0 Å². The number of rotatable bonds is 4. The van der Waals surface area contributed by atoms with Gasteiger partial charge in [0.05, 0.1) is 28.4 Å². The van der Waals surface area contributed by atoms with Crippen LogP contribution < -0.4 is 16.6 Å². The molecule has 0 saturated heterocycles. The van der Waals surface area contributed by atoms with Gasteiger partial charge in [-0.05, 0) is 75.6 Å². The van der Waals surface area contributed by atoms with E-state index in [1.165, 1.54) is 12.0 Å². The van der Waals surface area contributed by atoms with Gasteiger partial charge in [0.1, 0.15) is 17.8 Å². The van der Waals surface area contributed by atoms with Crippen molar-refractivity contribution in [1.29, 1.82) is 0 Å². The molecule has 1 saturated carbocycles. The highest BCUT2D eigenvalue weighted by atomic mass is 16.1. The summed E-state index contributed by atoms with van der Waals surface area (Å²) < 4.78 is 4.03. The molecule has 0 radical (unpaired) electrons. The van der Waals surface area contributed by atoms with E-state index in [-0.39, 0.29) is 11.1 Å². The van der Waals surface area contributed by atoms with E-state index in [9.17, 15) is 4.79 Å². The van der Waals surface area contributed by atoms with E-state index in [0.29, 0.717) is 35.7 Å². The molecule has 0 bridgehead atoms. The number of nitrogen functional groups attached to an aromatic ring is 1. The summed E-state index contributed by atoms with van der Waals surface area (Å²) in [6.07, 6.45) is 9.29. The monoisotopic (exact) mass is 443 g/mol. The van der Waals surface area contributed by atoms with Crippen molar-refractivity contribution < 1.29 is 0 Å². The standard InChI is InChI=1S/C25H29N7O/c1-25(2)13-32-23(33)18-8-6-16(12-20(18)29-24(32)30-25)4-3-15-5-7-17(11-15)31-10-9-19-21(26)27-14-28-22(19)31/h6,8-10,12,14-15,17H,3-5,7,11,13H2,1-2H3,(H,29,30)(H2,26,27,28). The summed E-state index contributed by atoms with van der Waals surface area (Å²) in [6.45, 7) is 4.82. The third-order valence-electron chi connectivity index (χ3n) is 7.31. The van der Waals surface area contributed by atoms with Gasteiger partial charge < -0.3 is 15.6 Å². The molecule has 2 aliphatic rings. The number of hydrogen-bond acceptors (Lipinski definition) is 6.